The molecule has 0 heterocycles. The number of rotatable bonds is 19. The first-order chi connectivity index (χ1) is 18.2. The van der Waals surface area contributed by atoms with Gasteiger partial charge in [0.05, 0.1) is 13.2 Å². The van der Waals surface area contributed by atoms with Crippen LogP contribution in [0.1, 0.15) is 12.8 Å². The van der Waals surface area contributed by atoms with Crippen LogP contribution < -0.4 is 16.0 Å². The lowest BCUT2D eigenvalue weighted by molar-refractivity contribution is -0.149. The van der Waals surface area contributed by atoms with E-state index in [0.29, 0.717) is 0 Å². The Kier molecular flexibility index (Phi) is 17.5. The Bertz CT molecular complexity index is 729. The summed E-state index contributed by atoms with van der Waals surface area (Å²) in [6, 6.07) is 0. The molecular formula is C21H40N4O14. The molecule has 4 amide bonds. The molecule has 8 atom stereocenters. The monoisotopic (exact) mass is 572 g/mol. The summed E-state index contributed by atoms with van der Waals surface area (Å²) in [5, 5.41) is 101. The van der Waals surface area contributed by atoms with Crippen molar-refractivity contribution in [3.63, 3.8) is 0 Å². The number of aliphatic hydroxyl groups excluding tert-OH is 10. The smallest absolute Gasteiger partial charge is 0.251 e. The predicted molar refractivity (Wildman–Crippen MR) is 128 cm³/mol. The van der Waals surface area contributed by atoms with E-state index in [1.807, 2.05) is 0 Å². The molecule has 39 heavy (non-hydrogen) atoms. The average Bonchev–Trinajstić information content (AvgIpc) is 2.94. The maximum Gasteiger partial charge on any atom is 0.251 e. The molecule has 228 valence electrons. The van der Waals surface area contributed by atoms with Crippen LogP contribution in [0.2, 0.25) is 0 Å². The Labute approximate surface area is 223 Å². The Balaban J connectivity index is 5.07. The van der Waals surface area contributed by atoms with Gasteiger partial charge in [0, 0.05) is 46.1 Å². The normalized spacial score (nSPS) is 17.5. The molecule has 0 bridgehead atoms. The van der Waals surface area contributed by atoms with Crippen LogP contribution in [0.5, 0.6) is 0 Å². The summed E-state index contributed by atoms with van der Waals surface area (Å²) in [7, 11) is 1.36. The van der Waals surface area contributed by atoms with Crippen molar-refractivity contribution in [1.82, 2.24) is 20.9 Å². The highest BCUT2D eigenvalue weighted by atomic mass is 16.4. The van der Waals surface area contributed by atoms with E-state index in [-0.39, 0.29) is 39.0 Å². The third-order valence-corrected chi connectivity index (χ3v) is 5.61. The summed E-state index contributed by atoms with van der Waals surface area (Å²) in [6.45, 7) is -2.98. The van der Waals surface area contributed by atoms with Crippen LogP contribution in [0.4, 0.5) is 0 Å². The minimum absolute atomic E-state index is 0.184. The molecule has 13 N–H and O–H groups in total. The maximum absolute atomic E-state index is 12.6. The number of hydrogen-bond acceptors (Lipinski definition) is 14. The summed E-state index contributed by atoms with van der Waals surface area (Å²) in [6.07, 6.45) is -16.9. The van der Waals surface area contributed by atoms with Crippen molar-refractivity contribution >= 4 is 23.6 Å². The third kappa shape index (κ3) is 12.5. The highest BCUT2D eigenvalue weighted by Gasteiger charge is 2.35. The minimum Gasteiger partial charge on any atom is -0.394 e. The van der Waals surface area contributed by atoms with Crippen LogP contribution in [0.15, 0.2) is 0 Å². The SMILES string of the molecule is CNC(=O)CCC(=O)N(CCNC(=O)[C@@H](O)[C@H](O)[C@@H](O)[C@H](O)CO)CCNC(=O)[C@H](O)[C@@H](O)[C@H](O)[C@@H](O)CO. The van der Waals surface area contributed by atoms with E-state index in [9.17, 15) is 60.0 Å². The summed E-state index contributed by atoms with van der Waals surface area (Å²) < 4.78 is 0. The highest BCUT2D eigenvalue weighted by molar-refractivity contribution is 5.84. The van der Waals surface area contributed by atoms with Gasteiger partial charge in [-0.2, -0.15) is 0 Å². The van der Waals surface area contributed by atoms with Crippen LogP contribution >= 0.6 is 0 Å². The first kappa shape index (κ1) is 36.5. The topological polar surface area (TPSA) is 310 Å². The van der Waals surface area contributed by atoms with Crippen LogP contribution in [-0.4, -0.2) is 175 Å². The van der Waals surface area contributed by atoms with Gasteiger partial charge in [0.1, 0.15) is 36.6 Å². The number of nitrogens with zero attached hydrogens (tertiary/aromatic N) is 1. The van der Waals surface area contributed by atoms with Crippen molar-refractivity contribution in [3.05, 3.63) is 0 Å². The number of aliphatic hydroxyl groups is 10. The summed E-state index contributed by atoms with van der Waals surface area (Å²) in [4.78, 5) is 49.3. The van der Waals surface area contributed by atoms with Gasteiger partial charge in [-0.3, -0.25) is 19.2 Å². The van der Waals surface area contributed by atoms with Crippen molar-refractivity contribution in [2.45, 2.75) is 61.7 Å². The standard InChI is InChI=1S/C21H40N4O14/c1-22-12(30)2-3-13(31)25(6-4-23-20(38)18(36)16(34)14(32)10(28)8-26)7-5-24-21(39)19(37)17(35)15(33)11(29)9-27/h10-11,14-19,26-29,32-37H,2-9H2,1H3,(H,22,30)(H,23,38)(H,24,39)/t10-,11+,14+,15-,16-,17+,18+,19-. The Morgan fingerprint density at radius 1 is 0.641 bits per heavy atom. The number of nitrogens with one attached hydrogen (secondary N) is 3. The minimum atomic E-state index is -2.20. The molecule has 0 aromatic rings. The van der Waals surface area contributed by atoms with Gasteiger partial charge >= 0.3 is 0 Å². The van der Waals surface area contributed by atoms with Gasteiger partial charge in [-0.1, -0.05) is 0 Å². The van der Waals surface area contributed by atoms with Crippen LogP contribution in [0.3, 0.4) is 0 Å². The predicted octanol–water partition coefficient (Wildman–Crippen LogP) is -8.55. The fraction of sp³-hybridized carbons (Fsp3) is 0.810. The lowest BCUT2D eigenvalue weighted by Crippen LogP contribution is -2.53. The molecule has 0 aromatic carbocycles. The Morgan fingerprint density at radius 3 is 1.36 bits per heavy atom. The zero-order valence-electron chi connectivity index (χ0n) is 21.3. The molecule has 0 radical (unpaired) electrons. The van der Waals surface area contributed by atoms with Gasteiger partial charge in [-0.15, -0.1) is 0 Å². The summed E-state index contributed by atoms with van der Waals surface area (Å²) >= 11 is 0. The molecule has 0 spiro atoms. The second kappa shape index (κ2) is 18.7. The fourth-order valence-corrected chi connectivity index (χ4v) is 3.06. The zero-order chi connectivity index (χ0) is 30.3. The van der Waals surface area contributed by atoms with Gasteiger partial charge in [0.2, 0.25) is 11.8 Å². The highest BCUT2D eigenvalue weighted by Crippen LogP contribution is 2.07. The molecule has 0 fully saturated rings. The molecule has 0 aliphatic heterocycles. The van der Waals surface area contributed by atoms with E-state index in [2.05, 4.69) is 16.0 Å². The molecule has 0 unspecified atom stereocenters. The third-order valence-electron chi connectivity index (χ3n) is 5.61. The largest absolute Gasteiger partial charge is 0.394 e. The average molecular weight is 573 g/mol. The van der Waals surface area contributed by atoms with E-state index in [1.54, 1.807) is 0 Å². The quantitative estimate of drug-likeness (QED) is 0.0684. The van der Waals surface area contributed by atoms with E-state index >= 15 is 0 Å². The fourth-order valence-electron chi connectivity index (χ4n) is 3.06. The van der Waals surface area contributed by atoms with Gasteiger partial charge in [-0.25, -0.2) is 0 Å². The van der Waals surface area contributed by atoms with Crippen molar-refractivity contribution in [3.8, 4) is 0 Å². The lowest BCUT2D eigenvalue weighted by Gasteiger charge is -2.27. The van der Waals surface area contributed by atoms with E-state index in [1.165, 1.54) is 7.05 Å². The molecule has 0 aliphatic rings. The van der Waals surface area contributed by atoms with Gasteiger partial charge in [0.15, 0.2) is 12.2 Å². The van der Waals surface area contributed by atoms with Crippen molar-refractivity contribution in [2.24, 2.45) is 0 Å². The number of amides is 4. The molecular weight excluding hydrogens is 532 g/mol. The van der Waals surface area contributed by atoms with Crippen LogP contribution in [0, 0.1) is 0 Å². The summed E-state index contributed by atoms with van der Waals surface area (Å²) in [5.41, 5.74) is 0. The van der Waals surface area contributed by atoms with Gasteiger partial charge in [0.25, 0.3) is 11.8 Å². The number of hydrogen-bond donors (Lipinski definition) is 13. The summed E-state index contributed by atoms with van der Waals surface area (Å²) in [5.74, 6) is -3.39. The number of carbonyl (C=O) groups is 4. The second-order valence-corrected chi connectivity index (χ2v) is 8.49. The molecule has 0 saturated carbocycles. The first-order valence-electron chi connectivity index (χ1n) is 11.9. The maximum atomic E-state index is 12.6. The van der Waals surface area contributed by atoms with E-state index in [4.69, 9.17) is 10.2 Å². The molecule has 18 nitrogen and oxygen atoms in total. The Morgan fingerprint density at radius 2 is 1.03 bits per heavy atom. The van der Waals surface area contributed by atoms with E-state index < -0.39 is 85.7 Å². The molecule has 18 heteroatoms. The van der Waals surface area contributed by atoms with Gasteiger partial charge < -0.3 is 71.9 Å². The lowest BCUT2D eigenvalue weighted by atomic mass is 10.0. The van der Waals surface area contributed by atoms with E-state index in [0.717, 1.165) is 4.90 Å². The van der Waals surface area contributed by atoms with Crippen molar-refractivity contribution in [1.29, 1.82) is 0 Å². The molecule has 0 aliphatic carbocycles. The van der Waals surface area contributed by atoms with Crippen molar-refractivity contribution < 1.29 is 70.2 Å². The van der Waals surface area contributed by atoms with Crippen molar-refractivity contribution in [2.75, 3.05) is 46.4 Å². The molecule has 0 saturated heterocycles. The number of carbonyl (C=O) groups excluding carboxylic acids is 4. The Hall–Kier alpha value is -2.52. The second-order valence-electron chi connectivity index (χ2n) is 8.49. The zero-order valence-corrected chi connectivity index (χ0v) is 21.3. The first-order valence-corrected chi connectivity index (χ1v) is 11.9. The van der Waals surface area contributed by atoms with Crippen LogP contribution in [0.25, 0.3) is 0 Å². The molecule has 0 aromatic heterocycles. The van der Waals surface area contributed by atoms with Gasteiger partial charge in [-0.05, 0) is 0 Å². The molecule has 0 rings (SSSR count). The van der Waals surface area contributed by atoms with Crippen LogP contribution in [-0.2, 0) is 19.2 Å².